The Kier molecular flexibility index (Phi) is 3.61. The van der Waals surface area contributed by atoms with Gasteiger partial charge in [-0.25, -0.2) is 4.98 Å². The van der Waals surface area contributed by atoms with Crippen LogP contribution in [0.25, 0.3) is 0 Å². The number of hydrogen-bond acceptors (Lipinski definition) is 4. The van der Waals surface area contributed by atoms with E-state index in [0.717, 1.165) is 11.4 Å². The molecule has 0 atom stereocenters. The minimum absolute atomic E-state index is 0.118. The van der Waals surface area contributed by atoms with Crippen LogP contribution in [-0.4, -0.2) is 24.5 Å². The maximum atomic E-state index is 11.9. The number of fused-ring (bicyclic) bond motifs is 1. The van der Waals surface area contributed by atoms with Crippen molar-refractivity contribution in [2.45, 2.75) is 0 Å². The standard InChI is InChI=1S/C14H12Cl2N4O/c1-17-13-8(15)6-9(16)14(19-13)20-7-12(21)18-10-4-2-3-5-11(10)20/h2-6H,7H2,1H3,(H,17,19)(H,18,21). The molecule has 0 fully saturated rings. The molecule has 0 aliphatic carbocycles. The zero-order valence-electron chi connectivity index (χ0n) is 11.2. The van der Waals surface area contributed by atoms with Crippen molar-refractivity contribution in [2.75, 3.05) is 29.1 Å². The number of amides is 1. The first-order valence-corrected chi connectivity index (χ1v) is 7.06. The largest absolute Gasteiger partial charge is 0.372 e. The molecule has 0 bridgehead atoms. The fourth-order valence-electron chi connectivity index (χ4n) is 2.24. The Labute approximate surface area is 131 Å². The summed E-state index contributed by atoms with van der Waals surface area (Å²) in [6, 6.07) is 9.11. The molecule has 7 heteroatoms. The van der Waals surface area contributed by atoms with Gasteiger partial charge in [0.1, 0.15) is 12.4 Å². The topological polar surface area (TPSA) is 57.3 Å². The summed E-state index contributed by atoms with van der Waals surface area (Å²) < 4.78 is 0. The van der Waals surface area contributed by atoms with Crippen LogP contribution in [0, 0.1) is 0 Å². The predicted molar refractivity (Wildman–Crippen MR) is 85.9 cm³/mol. The average molecular weight is 323 g/mol. The molecule has 0 spiro atoms. The molecule has 21 heavy (non-hydrogen) atoms. The molecule has 0 unspecified atom stereocenters. The van der Waals surface area contributed by atoms with Crippen molar-refractivity contribution in [3.05, 3.63) is 40.4 Å². The van der Waals surface area contributed by atoms with E-state index in [1.165, 1.54) is 0 Å². The highest BCUT2D eigenvalue weighted by Gasteiger charge is 2.26. The maximum Gasteiger partial charge on any atom is 0.244 e. The lowest BCUT2D eigenvalue weighted by Crippen LogP contribution is -2.35. The summed E-state index contributed by atoms with van der Waals surface area (Å²) in [6.45, 7) is 0.147. The molecular formula is C14H12Cl2N4O. The molecule has 2 N–H and O–H groups in total. The van der Waals surface area contributed by atoms with Gasteiger partial charge in [0, 0.05) is 7.05 Å². The molecule has 2 heterocycles. The van der Waals surface area contributed by atoms with Crippen molar-refractivity contribution < 1.29 is 4.79 Å². The van der Waals surface area contributed by atoms with Crippen molar-refractivity contribution in [1.82, 2.24) is 4.98 Å². The SMILES string of the molecule is CNc1nc(N2CC(=O)Nc3ccccc32)c(Cl)cc1Cl. The highest BCUT2D eigenvalue weighted by atomic mass is 35.5. The predicted octanol–water partition coefficient (Wildman–Crippen LogP) is 3.52. The minimum Gasteiger partial charge on any atom is -0.372 e. The van der Waals surface area contributed by atoms with E-state index in [1.807, 2.05) is 24.3 Å². The first kappa shape index (κ1) is 14.0. The molecule has 1 aliphatic heterocycles. The van der Waals surface area contributed by atoms with Gasteiger partial charge >= 0.3 is 0 Å². The van der Waals surface area contributed by atoms with Crippen LogP contribution in [0.5, 0.6) is 0 Å². The number of carbonyl (C=O) groups is 1. The zero-order valence-corrected chi connectivity index (χ0v) is 12.7. The highest BCUT2D eigenvalue weighted by Crippen LogP contribution is 2.39. The number of pyridine rings is 1. The molecule has 0 saturated carbocycles. The van der Waals surface area contributed by atoms with E-state index in [-0.39, 0.29) is 12.5 Å². The summed E-state index contributed by atoms with van der Waals surface area (Å²) in [5, 5.41) is 6.56. The smallest absolute Gasteiger partial charge is 0.244 e. The van der Waals surface area contributed by atoms with E-state index in [2.05, 4.69) is 15.6 Å². The van der Waals surface area contributed by atoms with Crippen LogP contribution in [-0.2, 0) is 4.79 Å². The van der Waals surface area contributed by atoms with Crippen molar-refractivity contribution in [3.63, 3.8) is 0 Å². The van der Waals surface area contributed by atoms with Gasteiger partial charge in [0.05, 0.1) is 21.4 Å². The number of anilines is 4. The summed E-state index contributed by atoms with van der Waals surface area (Å²) in [5.41, 5.74) is 1.57. The number of nitrogens with one attached hydrogen (secondary N) is 2. The molecule has 5 nitrogen and oxygen atoms in total. The van der Waals surface area contributed by atoms with Crippen LogP contribution in [0.3, 0.4) is 0 Å². The molecule has 1 aromatic heterocycles. The Morgan fingerprint density at radius 2 is 2.05 bits per heavy atom. The van der Waals surface area contributed by atoms with Crippen molar-refractivity contribution in [3.8, 4) is 0 Å². The second kappa shape index (κ2) is 5.42. The average Bonchev–Trinajstić information content (AvgIpc) is 2.46. The van der Waals surface area contributed by atoms with E-state index in [1.54, 1.807) is 18.0 Å². The summed E-state index contributed by atoms with van der Waals surface area (Å²) in [5.74, 6) is 0.889. The van der Waals surface area contributed by atoms with Crippen LogP contribution in [0.1, 0.15) is 0 Å². The van der Waals surface area contributed by atoms with Crippen molar-refractivity contribution in [2.24, 2.45) is 0 Å². The number of aromatic nitrogens is 1. The lowest BCUT2D eigenvalue weighted by atomic mass is 10.2. The molecule has 1 amide bonds. The molecule has 0 radical (unpaired) electrons. The van der Waals surface area contributed by atoms with Gasteiger partial charge in [0.25, 0.3) is 0 Å². The number of para-hydroxylation sites is 2. The molecule has 1 aliphatic rings. The van der Waals surface area contributed by atoms with Gasteiger partial charge in [-0.05, 0) is 18.2 Å². The van der Waals surface area contributed by atoms with Crippen LogP contribution >= 0.6 is 23.2 Å². The third-order valence-electron chi connectivity index (χ3n) is 3.17. The van der Waals surface area contributed by atoms with E-state index >= 15 is 0 Å². The molecule has 0 saturated heterocycles. The van der Waals surface area contributed by atoms with Crippen LogP contribution < -0.4 is 15.5 Å². The van der Waals surface area contributed by atoms with Gasteiger partial charge in [-0.2, -0.15) is 0 Å². The molecule has 1 aromatic carbocycles. The second-order valence-corrected chi connectivity index (χ2v) is 5.34. The molecule has 108 valence electrons. The van der Waals surface area contributed by atoms with Crippen molar-refractivity contribution >= 4 is 52.1 Å². The monoisotopic (exact) mass is 322 g/mol. The van der Waals surface area contributed by atoms with Gasteiger partial charge in [-0.1, -0.05) is 35.3 Å². The Hall–Kier alpha value is -1.98. The normalized spacial score (nSPS) is 13.7. The van der Waals surface area contributed by atoms with Crippen LogP contribution in [0.4, 0.5) is 23.0 Å². The number of benzene rings is 1. The summed E-state index contributed by atoms with van der Waals surface area (Å²) >= 11 is 12.3. The van der Waals surface area contributed by atoms with Gasteiger partial charge in [-0.3, -0.25) is 4.79 Å². The lowest BCUT2D eigenvalue weighted by Gasteiger charge is -2.30. The molecule has 2 aromatic rings. The maximum absolute atomic E-state index is 11.9. The highest BCUT2D eigenvalue weighted by molar-refractivity contribution is 6.37. The molecular weight excluding hydrogens is 311 g/mol. The van der Waals surface area contributed by atoms with E-state index in [9.17, 15) is 4.79 Å². The van der Waals surface area contributed by atoms with E-state index in [0.29, 0.717) is 21.7 Å². The van der Waals surface area contributed by atoms with Crippen LogP contribution in [0.15, 0.2) is 30.3 Å². The first-order chi connectivity index (χ1) is 10.1. The lowest BCUT2D eigenvalue weighted by molar-refractivity contribution is -0.115. The quantitative estimate of drug-likeness (QED) is 0.888. The third-order valence-corrected chi connectivity index (χ3v) is 3.74. The van der Waals surface area contributed by atoms with E-state index < -0.39 is 0 Å². The van der Waals surface area contributed by atoms with E-state index in [4.69, 9.17) is 23.2 Å². The van der Waals surface area contributed by atoms with Gasteiger partial charge < -0.3 is 15.5 Å². The minimum atomic E-state index is -0.118. The summed E-state index contributed by atoms with van der Waals surface area (Å²) in [4.78, 5) is 18.1. The number of nitrogens with zero attached hydrogens (tertiary/aromatic N) is 2. The number of hydrogen-bond donors (Lipinski definition) is 2. The Morgan fingerprint density at radius 3 is 2.81 bits per heavy atom. The third kappa shape index (κ3) is 2.50. The fraction of sp³-hybridized carbons (Fsp3) is 0.143. The summed E-state index contributed by atoms with van der Waals surface area (Å²) in [7, 11) is 1.72. The van der Waals surface area contributed by atoms with Gasteiger partial charge in [0.15, 0.2) is 5.82 Å². The number of halogens is 2. The van der Waals surface area contributed by atoms with Crippen LogP contribution in [0.2, 0.25) is 10.0 Å². The molecule has 3 rings (SSSR count). The van der Waals surface area contributed by atoms with Gasteiger partial charge in [0.2, 0.25) is 5.91 Å². The number of carbonyl (C=O) groups excluding carboxylic acids is 1. The Bertz CT molecular complexity index is 720. The summed E-state index contributed by atoms with van der Waals surface area (Å²) in [6.07, 6.45) is 0. The Morgan fingerprint density at radius 1 is 1.29 bits per heavy atom. The Balaban J connectivity index is 2.15. The fourth-order valence-corrected chi connectivity index (χ4v) is 2.80. The zero-order chi connectivity index (χ0) is 15.0. The van der Waals surface area contributed by atoms with Crippen molar-refractivity contribution in [1.29, 1.82) is 0 Å². The van der Waals surface area contributed by atoms with Gasteiger partial charge in [-0.15, -0.1) is 0 Å². The first-order valence-electron chi connectivity index (χ1n) is 6.30. The second-order valence-electron chi connectivity index (χ2n) is 4.53. The number of rotatable bonds is 2.